The Hall–Kier alpha value is -1.08. The molecule has 0 saturated carbocycles. The molecule has 0 aliphatic carbocycles. The molecule has 0 heterocycles. The molecule has 7 heteroatoms. The third-order valence-corrected chi connectivity index (χ3v) is 3.06. The van der Waals surface area contributed by atoms with E-state index in [1.54, 1.807) is 0 Å². The number of hydrogen-bond donors (Lipinski definition) is 3. The zero-order chi connectivity index (χ0) is 14.5. The number of carbonyl (C=O) groups is 3. The molecule has 19 heavy (non-hydrogen) atoms. The first kappa shape index (κ1) is 17.9. The maximum Gasteiger partial charge on any atom is 0.230 e. The lowest BCUT2D eigenvalue weighted by Crippen LogP contribution is -2.27. The fourth-order valence-corrected chi connectivity index (χ4v) is 1.73. The average Bonchev–Trinajstić information content (AvgIpc) is 2.35. The van der Waals surface area contributed by atoms with Crippen LogP contribution in [0.4, 0.5) is 0 Å². The molecule has 0 aromatic rings. The summed E-state index contributed by atoms with van der Waals surface area (Å²) in [5, 5.41) is 13.9. The Balaban J connectivity index is 3.29. The molecule has 0 spiro atoms. The highest BCUT2D eigenvalue weighted by molar-refractivity contribution is 8.14. The van der Waals surface area contributed by atoms with Gasteiger partial charge in [0.2, 0.25) is 11.8 Å². The second-order valence-corrected chi connectivity index (χ2v) is 5.17. The molecule has 0 saturated heterocycles. The quantitative estimate of drug-likeness (QED) is 0.494. The fourth-order valence-electron chi connectivity index (χ4n) is 1.29. The van der Waals surface area contributed by atoms with Crippen LogP contribution in [0.25, 0.3) is 0 Å². The molecule has 0 fully saturated rings. The molecule has 0 rings (SSSR count). The lowest BCUT2D eigenvalue weighted by Gasteiger charge is -2.05. The molecule has 0 radical (unpaired) electrons. The highest BCUT2D eigenvalue weighted by Gasteiger charge is 2.03. The average molecular weight is 290 g/mol. The number of hydrogen-bond acceptors (Lipinski definition) is 5. The van der Waals surface area contributed by atoms with Crippen LogP contribution in [0.15, 0.2) is 0 Å². The number of aliphatic hydroxyl groups excluding tert-OH is 1. The number of rotatable bonds is 10. The van der Waals surface area contributed by atoms with Gasteiger partial charge in [-0.3, -0.25) is 14.4 Å². The van der Waals surface area contributed by atoms with Crippen molar-refractivity contribution in [3.8, 4) is 0 Å². The van der Waals surface area contributed by atoms with E-state index in [2.05, 4.69) is 10.6 Å². The van der Waals surface area contributed by atoms with Gasteiger partial charge in [-0.1, -0.05) is 11.8 Å². The summed E-state index contributed by atoms with van der Waals surface area (Å²) < 4.78 is 0. The van der Waals surface area contributed by atoms with Crippen LogP contribution in [0.5, 0.6) is 0 Å². The number of carbonyl (C=O) groups excluding carboxylic acids is 3. The molecule has 0 bridgehead atoms. The SMILES string of the molecule is CC(=O)SCC(=O)NCCCCCNC(=O)CCO. The van der Waals surface area contributed by atoms with Gasteiger partial charge in [0, 0.05) is 26.4 Å². The summed E-state index contributed by atoms with van der Waals surface area (Å²) in [7, 11) is 0. The van der Waals surface area contributed by atoms with Crippen LogP contribution in [0.1, 0.15) is 32.6 Å². The summed E-state index contributed by atoms with van der Waals surface area (Å²) in [4.78, 5) is 32.9. The van der Waals surface area contributed by atoms with E-state index in [0.717, 1.165) is 31.0 Å². The third kappa shape index (κ3) is 13.2. The van der Waals surface area contributed by atoms with Crippen LogP contribution in [0, 0.1) is 0 Å². The molecule has 0 aromatic carbocycles. The third-order valence-electron chi connectivity index (χ3n) is 2.24. The smallest absolute Gasteiger partial charge is 0.230 e. The molecule has 110 valence electrons. The summed E-state index contributed by atoms with van der Waals surface area (Å²) in [5.74, 6) is -0.0967. The molecular weight excluding hydrogens is 268 g/mol. The number of thioether (sulfide) groups is 1. The predicted molar refractivity (Wildman–Crippen MR) is 74.7 cm³/mol. The number of unbranched alkanes of at least 4 members (excludes halogenated alkanes) is 2. The van der Waals surface area contributed by atoms with Gasteiger partial charge in [0.05, 0.1) is 12.4 Å². The maximum atomic E-state index is 11.2. The zero-order valence-corrected chi connectivity index (χ0v) is 12.1. The first-order chi connectivity index (χ1) is 9.06. The summed E-state index contributed by atoms with van der Waals surface area (Å²) in [5.41, 5.74) is 0. The number of aliphatic hydroxyl groups is 1. The van der Waals surface area contributed by atoms with Gasteiger partial charge in [-0.2, -0.15) is 0 Å². The van der Waals surface area contributed by atoms with E-state index < -0.39 is 0 Å². The minimum absolute atomic E-state index is 0.0613. The van der Waals surface area contributed by atoms with Gasteiger partial charge < -0.3 is 15.7 Å². The first-order valence-electron chi connectivity index (χ1n) is 6.34. The minimum Gasteiger partial charge on any atom is -0.396 e. The Morgan fingerprint density at radius 2 is 1.58 bits per heavy atom. The van der Waals surface area contributed by atoms with Gasteiger partial charge in [0.15, 0.2) is 5.12 Å². The predicted octanol–water partition coefficient (Wildman–Crippen LogP) is 0.0512. The van der Waals surface area contributed by atoms with Crippen molar-refractivity contribution in [2.45, 2.75) is 32.6 Å². The van der Waals surface area contributed by atoms with Crippen LogP contribution in [-0.2, 0) is 14.4 Å². The molecular formula is C12H22N2O4S. The Bertz CT molecular complexity index is 297. The van der Waals surface area contributed by atoms with Crippen LogP contribution in [0.2, 0.25) is 0 Å². The molecule has 0 atom stereocenters. The Morgan fingerprint density at radius 3 is 2.11 bits per heavy atom. The van der Waals surface area contributed by atoms with Gasteiger partial charge in [0.1, 0.15) is 0 Å². The van der Waals surface area contributed by atoms with E-state index >= 15 is 0 Å². The van der Waals surface area contributed by atoms with Crippen molar-refractivity contribution in [1.82, 2.24) is 10.6 Å². The standard InChI is InChI=1S/C12H22N2O4S/c1-10(16)19-9-12(18)14-7-4-2-3-6-13-11(17)5-8-15/h15H,2-9H2,1H3,(H,13,17)(H,14,18). The van der Waals surface area contributed by atoms with Gasteiger partial charge >= 0.3 is 0 Å². The van der Waals surface area contributed by atoms with Crippen molar-refractivity contribution < 1.29 is 19.5 Å². The zero-order valence-electron chi connectivity index (χ0n) is 11.2. The Morgan fingerprint density at radius 1 is 1.00 bits per heavy atom. The van der Waals surface area contributed by atoms with Crippen LogP contribution in [-0.4, -0.2) is 47.5 Å². The van der Waals surface area contributed by atoms with Crippen LogP contribution >= 0.6 is 11.8 Å². The lowest BCUT2D eigenvalue weighted by molar-refractivity contribution is -0.121. The van der Waals surface area contributed by atoms with Crippen LogP contribution < -0.4 is 10.6 Å². The van der Waals surface area contributed by atoms with E-state index in [1.807, 2.05) is 0 Å². The van der Waals surface area contributed by atoms with Crippen LogP contribution in [0.3, 0.4) is 0 Å². The van der Waals surface area contributed by atoms with E-state index in [9.17, 15) is 14.4 Å². The van der Waals surface area contributed by atoms with E-state index in [0.29, 0.717) is 13.1 Å². The Kier molecular flexibility index (Phi) is 11.3. The molecule has 0 aromatic heterocycles. The van der Waals surface area contributed by atoms with Crippen molar-refractivity contribution >= 4 is 28.7 Å². The van der Waals surface area contributed by atoms with E-state index in [4.69, 9.17) is 5.11 Å². The van der Waals surface area contributed by atoms with Crippen molar-refractivity contribution in [1.29, 1.82) is 0 Å². The van der Waals surface area contributed by atoms with Gasteiger partial charge in [0.25, 0.3) is 0 Å². The minimum atomic E-state index is -0.142. The second kappa shape index (κ2) is 12.0. The number of amides is 2. The largest absolute Gasteiger partial charge is 0.396 e. The highest BCUT2D eigenvalue weighted by atomic mass is 32.2. The van der Waals surface area contributed by atoms with Gasteiger partial charge in [-0.05, 0) is 19.3 Å². The van der Waals surface area contributed by atoms with Gasteiger partial charge in [-0.15, -0.1) is 0 Å². The summed E-state index contributed by atoms with van der Waals surface area (Å²) in [6.45, 7) is 2.48. The molecule has 0 aliphatic rings. The topological polar surface area (TPSA) is 95.5 Å². The maximum absolute atomic E-state index is 11.2. The van der Waals surface area contributed by atoms with Crippen molar-refractivity contribution in [3.63, 3.8) is 0 Å². The monoisotopic (exact) mass is 290 g/mol. The van der Waals surface area contributed by atoms with Crippen molar-refractivity contribution in [3.05, 3.63) is 0 Å². The summed E-state index contributed by atoms with van der Waals surface area (Å²) in [6.07, 6.45) is 2.73. The lowest BCUT2D eigenvalue weighted by atomic mass is 10.2. The summed E-state index contributed by atoms with van der Waals surface area (Å²) in [6, 6.07) is 0. The normalized spacial score (nSPS) is 10.0. The van der Waals surface area contributed by atoms with Gasteiger partial charge in [-0.25, -0.2) is 0 Å². The highest BCUT2D eigenvalue weighted by Crippen LogP contribution is 1.99. The molecule has 6 nitrogen and oxygen atoms in total. The second-order valence-electron chi connectivity index (χ2n) is 4.01. The molecule has 0 aliphatic heterocycles. The number of nitrogens with one attached hydrogen (secondary N) is 2. The molecule has 2 amide bonds. The van der Waals surface area contributed by atoms with Crippen molar-refractivity contribution in [2.75, 3.05) is 25.4 Å². The van der Waals surface area contributed by atoms with E-state index in [-0.39, 0.29) is 35.7 Å². The van der Waals surface area contributed by atoms with E-state index in [1.165, 1.54) is 6.92 Å². The van der Waals surface area contributed by atoms with Crippen molar-refractivity contribution in [2.24, 2.45) is 0 Å². The molecule has 3 N–H and O–H groups in total. The first-order valence-corrected chi connectivity index (χ1v) is 7.32. The summed E-state index contributed by atoms with van der Waals surface area (Å²) >= 11 is 1.00. The molecule has 0 unspecified atom stereocenters. The Labute approximate surface area is 117 Å². The fraction of sp³-hybridized carbons (Fsp3) is 0.750.